The van der Waals surface area contributed by atoms with Crippen LogP contribution in [0.3, 0.4) is 0 Å². The van der Waals surface area contributed by atoms with Gasteiger partial charge in [0.25, 0.3) is 10.2 Å². The average molecular weight is 293 g/mol. The van der Waals surface area contributed by atoms with Crippen LogP contribution in [0.25, 0.3) is 0 Å². The second kappa shape index (κ2) is 6.65. The van der Waals surface area contributed by atoms with Crippen molar-refractivity contribution < 1.29 is 18.3 Å². The molecule has 0 aromatic rings. The Hall–Kier alpha value is -0.700. The first kappa shape index (κ1) is 16.4. The van der Waals surface area contributed by atoms with Gasteiger partial charge in [-0.05, 0) is 33.9 Å². The van der Waals surface area contributed by atoms with E-state index in [0.717, 1.165) is 0 Å². The molecule has 1 aliphatic heterocycles. The minimum absolute atomic E-state index is 0.183. The largest absolute Gasteiger partial charge is 0.481 e. The summed E-state index contributed by atoms with van der Waals surface area (Å²) in [5, 5.41) is 8.88. The summed E-state index contributed by atoms with van der Waals surface area (Å²) in [4.78, 5) is 12.7. The molecule has 112 valence electrons. The van der Waals surface area contributed by atoms with E-state index in [4.69, 9.17) is 5.11 Å². The Balaban J connectivity index is 2.53. The minimum atomic E-state index is -3.51. The van der Waals surface area contributed by atoms with Crippen molar-refractivity contribution in [2.75, 3.05) is 33.7 Å². The van der Waals surface area contributed by atoms with Gasteiger partial charge in [0, 0.05) is 25.7 Å². The Morgan fingerprint density at radius 1 is 1.42 bits per heavy atom. The highest BCUT2D eigenvalue weighted by Gasteiger charge is 2.31. The number of hydrogen-bond acceptors (Lipinski definition) is 4. The van der Waals surface area contributed by atoms with Crippen LogP contribution in [0, 0.1) is 5.92 Å². The Labute approximate surface area is 114 Å². The molecule has 0 bridgehead atoms. The number of nitrogens with zero attached hydrogens (tertiary/aromatic N) is 2. The first-order valence-corrected chi connectivity index (χ1v) is 7.81. The smallest absolute Gasteiger partial charge is 0.306 e. The number of nitrogens with one attached hydrogen (secondary N) is 1. The molecule has 1 rings (SSSR count). The second-order valence-corrected chi connectivity index (χ2v) is 7.00. The summed E-state index contributed by atoms with van der Waals surface area (Å²) in [6.45, 7) is 2.95. The van der Waals surface area contributed by atoms with Crippen LogP contribution in [-0.4, -0.2) is 68.5 Å². The van der Waals surface area contributed by atoms with Crippen molar-refractivity contribution in [1.29, 1.82) is 0 Å². The maximum atomic E-state index is 12.1. The van der Waals surface area contributed by atoms with Crippen LogP contribution in [0.5, 0.6) is 0 Å². The fraction of sp³-hybridized carbons (Fsp3) is 0.909. The third-order valence-electron chi connectivity index (χ3n) is 3.13. The van der Waals surface area contributed by atoms with E-state index in [-0.39, 0.29) is 19.1 Å². The lowest BCUT2D eigenvalue weighted by atomic mass is 9.99. The van der Waals surface area contributed by atoms with Crippen LogP contribution in [0.1, 0.15) is 19.8 Å². The van der Waals surface area contributed by atoms with Gasteiger partial charge >= 0.3 is 5.97 Å². The van der Waals surface area contributed by atoms with Crippen molar-refractivity contribution >= 4 is 16.2 Å². The Morgan fingerprint density at radius 2 is 1.95 bits per heavy atom. The molecule has 2 N–H and O–H groups in total. The van der Waals surface area contributed by atoms with Crippen LogP contribution in [0.15, 0.2) is 0 Å². The summed E-state index contributed by atoms with van der Waals surface area (Å²) < 4.78 is 28.1. The van der Waals surface area contributed by atoms with Gasteiger partial charge in [0.2, 0.25) is 0 Å². The molecular weight excluding hydrogens is 270 g/mol. The highest BCUT2D eigenvalue weighted by atomic mass is 32.2. The number of piperidine rings is 1. The van der Waals surface area contributed by atoms with E-state index in [1.807, 2.05) is 25.9 Å². The Kier molecular flexibility index (Phi) is 5.72. The van der Waals surface area contributed by atoms with Gasteiger partial charge in [0.05, 0.1) is 5.92 Å². The van der Waals surface area contributed by atoms with Crippen molar-refractivity contribution in [1.82, 2.24) is 13.9 Å². The quantitative estimate of drug-likeness (QED) is 0.693. The molecule has 19 heavy (non-hydrogen) atoms. The molecule has 1 atom stereocenters. The Bertz CT molecular complexity index is 402. The van der Waals surface area contributed by atoms with Crippen molar-refractivity contribution in [3.8, 4) is 0 Å². The number of hydrogen-bond donors (Lipinski definition) is 2. The van der Waals surface area contributed by atoms with Gasteiger partial charge in [-0.15, -0.1) is 0 Å². The van der Waals surface area contributed by atoms with Crippen LogP contribution >= 0.6 is 0 Å². The number of rotatable bonds is 6. The highest BCUT2D eigenvalue weighted by Crippen LogP contribution is 2.19. The molecule has 1 aliphatic rings. The molecule has 0 saturated carbocycles. The number of carboxylic acid groups (broad SMARTS) is 1. The van der Waals surface area contributed by atoms with Crippen LogP contribution < -0.4 is 4.72 Å². The summed E-state index contributed by atoms with van der Waals surface area (Å²) in [6, 6.07) is -0.183. The summed E-state index contributed by atoms with van der Waals surface area (Å²) in [5.74, 6) is -1.27. The van der Waals surface area contributed by atoms with E-state index in [1.165, 1.54) is 4.31 Å². The Morgan fingerprint density at radius 3 is 2.37 bits per heavy atom. The molecule has 0 aromatic carbocycles. The molecule has 0 spiro atoms. The van der Waals surface area contributed by atoms with E-state index < -0.39 is 22.1 Å². The van der Waals surface area contributed by atoms with E-state index >= 15 is 0 Å². The van der Waals surface area contributed by atoms with E-state index in [2.05, 4.69) is 4.72 Å². The monoisotopic (exact) mass is 293 g/mol. The lowest BCUT2D eigenvalue weighted by Gasteiger charge is -2.30. The zero-order chi connectivity index (χ0) is 14.6. The molecule has 1 fully saturated rings. The van der Waals surface area contributed by atoms with Gasteiger partial charge in [0.1, 0.15) is 0 Å². The first-order valence-electron chi connectivity index (χ1n) is 6.37. The van der Waals surface area contributed by atoms with Crippen molar-refractivity contribution in [3.63, 3.8) is 0 Å². The van der Waals surface area contributed by atoms with Crippen LogP contribution in [-0.2, 0) is 15.0 Å². The molecule has 0 aliphatic carbocycles. The number of aliphatic carboxylic acids is 1. The number of carboxylic acids is 1. The van der Waals surface area contributed by atoms with Crippen molar-refractivity contribution in [3.05, 3.63) is 0 Å². The zero-order valence-corrected chi connectivity index (χ0v) is 12.5. The van der Waals surface area contributed by atoms with Gasteiger partial charge in [-0.25, -0.2) is 0 Å². The van der Waals surface area contributed by atoms with Gasteiger partial charge in [-0.2, -0.15) is 17.4 Å². The fourth-order valence-electron chi connectivity index (χ4n) is 2.26. The molecule has 1 unspecified atom stereocenters. The third kappa shape index (κ3) is 5.06. The lowest BCUT2D eigenvalue weighted by Crippen LogP contribution is -2.50. The van der Waals surface area contributed by atoms with Gasteiger partial charge in [-0.3, -0.25) is 4.79 Å². The van der Waals surface area contributed by atoms with Crippen LogP contribution in [0.2, 0.25) is 0 Å². The lowest BCUT2D eigenvalue weighted by molar-refractivity contribution is -0.142. The standard InChI is InChI=1S/C11H23N3O4S/c1-9(8-13(2)3)12-19(17,18)14-6-4-10(5-7-14)11(15)16/h9-10,12H,4-8H2,1-3H3,(H,15,16). The maximum absolute atomic E-state index is 12.1. The number of likely N-dealkylation sites (N-methyl/N-ethyl adjacent to an activating group) is 1. The van der Waals surface area contributed by atoms with Crippen molar-refractivity contribution in [2.24, 2.45) is 5.92 Å². The summed E-state index contributed by atoms with van der Waals surface area (Å²) in [7, 11) is 0.243. The predicted octanol–water partition coefficient (Wildman–Crippen LogP) is -0.432. The molecule has 1 saturated heterocycles. The molecule has 8 heteroatoms. The summed E-state index contributed by atoms with van der Waals surface area (Å²) in [5.41, 5.74) is 0. The van der Waals surface area contributed by atoms with Gasteiger partial charge < -0.3 is 10.0 Å². The molecule has 0 aromatic heterocycles. The first-order chi connectivity index (χ1) is 8.72. The SMILES string of the molecule is CC(CN(C)C)NS(=O)(=O)N1CCC(C(=O)O)CC1. The van der Waals surface area contributed by atoms with Gasteiger partial charge in [0.15, 0.2) is 0 Å². The predicted molar refractivity (Wildman–Crippen MR) is 72.0 cm³/mol. The topological polar surface area (TPSA) is 90.0 Å². The molecule has 0 amide bonds. The molecule has 7 nitrogen and oxygen atoms in total. The van der Waals surface area contributed by atoms with Gasteiger partial charge in [-0.1, -0.05) is 0 Å². The van der Waals surface area contributed by atoms with E-state index in [9.17, 15) is 13.2 Å². The average Bonchev–Trinajstić information content (AvgIpc) is 2.27. The highest BCUT2D eigenvalue weighted by molar-refractivity contribution is 7.87. The van der Waals surface area contributed by atoms with E-state index in [0.29, 0.717) is 19.4 Å². The molecule has 1 heterocycles. The van der Waals surface area contributed by atoms with Crippen LogP contribution in [0.4, 0.5) is 0 Å². The number of carbonyl (C=O) groups is 1. The van der Waals surface area contributed by atoms with E-state index in [1.54, 1.807) is 0 Å². The van der Waals surface area contributed by atoms with Crippen molar-refractivity contribution in [2.45, 2.75) is 25.8 Å². The second-order valence-electron chi connectivity index (χ2n) is 5.30. The molecule has 0 radical (unpaired) electrons. The zero-order valence-electron chi connectivity index (χ0n) is 11.7. The fourth-order valence-corrected chi connectivity index (χ4v) is 3.68. The normalized spacial score (nSPS) is 20.6. The third-order valence-corrected chi connectivity index (χ3v) is 4.88. The summed E-state index contributed by atoms with van der Waals surface area (Å²) in [6.07, 6.45) is 0.747. The summed E-state index contributed by atoms with van der Waals surface area (Å²) >= 11 is 0. The minimum Gasteiger partial charge on any atom is -0.481 e. The maximum Gasteiger partial charge on any atom is 0.306 e. The molecular formula is C11H23N3O4S.